The molecule has 1 N–H and O–H groups in total. The van der Waals surface area contributed by atoms with Gasteiger partial charge in [0, 0.05) is 17.1 Å². The molecular weight excluding hydrogens is 268 g/mol. The van der Waals surface area contributed by atoms with Crippen LogP contribution in [0.25, 0.3) is 10.9 Å². The SMILES string of the molecule is CCCc1ccc2[nH]cc(C3CCN(C)CC3)c2c1.Cl. The Bertz CT molecular complexity index is 553. The van der Waals surface area contributed by atoms with Crippen molar-refractivity contribution in [3.05, 3.63) is 35.5 Å². The lowest BCUT2D eigenvalue weighted by Gasteiger charge is -2.28. The Morgan fingerprint density at radius 1 is 1.25 bits per heavy atom. The van der Waals surface area contributed by atoms with Crippen LogP contribution in [0.1, 0.15) is 43.2 Å². The molecule has 0 aliphatic carbocycles. The predicted octanol–water partition coefficient (Wildman–Crippen LogP) is 4.35. The molecule has 1 aliphatic rings. The van der Waals surface area contributed by atoms with Gasteiger partial charge in [0.1, 0.15) is 0 Å². The molecule has 1 fully saturated rings. The Labute approximate surface area is 128 Å². The van der Waals surface area contributed by atoms with Crippen molar-refractivity contribution in [1.82, 2.24) is 9.88 Å². The van der Waals surface area contributed by atoms with Gasteiger partial charge in [0.2, 0.25) is 0 Å². The maximum Gasteiger partial charge on any atom is 0.0457 e. The molecule has 0 unspecified atom stereocenters. The minimum absolute atomic E-state index is 0. The number of likely N-dealkylation sites (tertiary alicyclic amines) is 1. The molecule has 1 aromatic heterocycles. The number of hydrogen-bond acceptors (Lipinski definition) is 1. The van der Waals surface area contributed by atoms with Gasteiger partial charge in [0.25, 0.3) is 0 Å². The number of aryl methyl sites for hydroxylation is 1. The number of aromatic nitrogens is 1. The third kappa shape index (κ3) is 3.02. The molecule has 3 heteroatoms. The molecule has 20 heavy (non-hydrogen) atoms. The van der Waals surface area contributed by atoms with E-state index in [4.69, 9.17) is 0 Å². The first-order valence-corrected chi connectivity index (χ1v) is 7.56. The molecule has 1 aliphatic heterocycles. The van der Waals surface area contributed by atoms with Crippen LogP contribution < -0.4 is 0 Å². The van der Waals surface area contributed by atoms with Gasteiger partial charge in [0.05, 0.1) is 0 Å². The summed E-state index contributed by atoms with van der Waals surface area (Å²) in [6.07, 6.45) is 7.24. The van der Waals surface area contributed by atoms with Gasteiger partial charge in [0.15, 0.2) is 0 Å². The second kappa shape index (κ2) is 6.64. The average Bonchev–Trinajstić information content (AvgIpc) is 2.83. The monoisotopic (exact) mass is 292 g/mol. The van der Waals surface area contributed by atoms with Gasteiger partial charge in [-0.2, -0.15) is 0 Å². The number of hydrogen-bond donors (Lipinski definition) is 1. The van der Waals surface area contributed by atoms with Crippen LogP contribution in [0.5, 0.6) is 0 Å². The van der Waals surface area contributed by atoms with E-state index in [9.17, 15) is 0 Å². The lowest BCUT2D eigenvalue weighted by Crippen LogP contribution is -2.29. The van der Waals surface area contributed by atoms with E-state index in [1.807, 2.05) is 0 Å². The number of H-pyrrole nitrogens is 1. The Kier molecular flexibility index (Phi) is 5.11. The fourth-order valence-electron chi connectivity index (χ4n) is 3.29. The first-order chi connectivity index (χ1) is 9.28. The summed E-state index contributed by atoms with van der Waals surface area (Å²) in [4.78, 5) is 5.89. The topological polar surface area (TPSA) is 19.0 Å². The van der Waals surface area contributed by atoms with Crippen molar-refractivity contribution in [2.75, 3.05) is 20.1 Å². The van der Waals surface area contributed by atoms with E-state index in [1.54, 1.807) is 5.56 Å². The zero-order valence-corrected chi connectivity index (χ0v) is 13.3. The van der Waals surface area contributed by atoms with Crippen LogP contribution in [-0.2, 0) is 6.42 Å². The zero-order chi connectivity index (χ0) is 13.2. The number of aromatic amines is 1. The zero-order valence-electron chi connectivity index (χ0n) is 12.5. The van der Waals surface area contributed by atoms with Crippen LogP contribution >= 0.6 is 12.4 Å². The van der Waals surface area contributed by atoms with Gasteiger partial charge in [-0.25, -0.2) is 0 Å². The van der Waals surface area contributed by atoms with Gasteiger partial charge in [-0.05, 0) is 68.6 Å². The van der Waals surface area contributed by atoms with Gasteiger partial charge in [-0.15, -0.1) is 12.4 Å². The second-order valence-corrected chi connectivity index (χ2v) is 5.95. The summed E-state index contributed by atoms with van der Waals surface area (Å²) in [6.45, 7) is 4.71. The van der Waals surface area contributed by atoms with Crippen LogP contribution in [0, 0.1) is 0 Å². The van der Waals surface area contributed by atoms with Crippen LogP contribution in [0.4, 0.5) is 0 Å². The standard InChI is InChI=1S/C17H24N2.ClH/c1-3-4-13-5-6-17-15(11-13)16(12-18-17)14-7-9-19(2)10-8-14;/h5-6,11-12,14,18H,3-4,7-10H2,1-2H3;1H. The Hall–Kier alpha value is -0.990. The van der Waals surface area contributed by atoms with Crippen LogP contribution in [0.15, 0.2) is 24.4 Å². The molecule has 1 saturated heterocycles. The molecule has 0 radical (unpaired) electrons. The lowest BCUT2D eigenvalue weighted by atomic mass is 9.89. The molecule has 2 nitrogen and oxygen atoms in total. The highest BCUT2D eigenvalue weighted by Crippen LogP contribution is 2.33. The fourth-order valence-corrected chi connectivity index (χ4v) is 3.29. The van der Waals surface area contributed by atoms with Crippen LogP contribution in [-0.4, -0.2) is 30.0 Å². The Morgan fingerprint density at radius 2 is 2.00 bits per heavy atom. The second-order valence-electron chi connectivity index (χ2n) is 5.95. The first kappa shape index (κ1) is 15.4. The van der Waals surface area contributed by atoms with Crippen LogP contribution in [0.3, 0.4) is 0 Å². The van der Waals surface area contributed by atoms with E-state index in [0.29, 0.717) is 0 Å². The number of nitrogens with one attached hydrogen (secondary N) is 1. The normalized spacial score (nSPS) is 17.3. The van der Waals surface area contributed by atoms with Crippen molar-refractivity contribution in [2.24, 2.45) is 0 Å². The van der Waals surface area contributed by atoms with Crippen LogP contribution in [0.2, 0.25) is 0 Å². The summed E-state index contributed by atoms with van der Waals surface area (Å²) in [5, 5.41) is 1.46. The molecule has 0 bridgehead atoms. The Morgan fingerprint density at radius 3 is 2.70 bits per heavy atom. The minimum Gasteiger partial charge on any atom is -0.361 e. The number of benzene rings is 1. The molecule has 2 aromatic rings. The minimum atomic E-state index is 0. The number of fused-ring (bicyclic) bond motifs is 1. The van der Waals surface area contributed by atoms with E-state index in [2.05, 4.69) is 48.3 Å². The number of halogens is 1. The van der Waals surface area contributed by atoms with E-state index in [0.717, 1.165) is 5.92 Å². The van der Waals surface area contributed by atoms with Crippen molar-refractivity contribution < 1.29 is 0 Å². The number of nitrogens with zero attached hydrogens (tertiary/aromatic N) is 1. The third-order valence-electron chi connectivity index (χ3n) is 4.48. The lowest BCUT2D eigenvalue weighted by molar-refractivity contribution is 0.256. The molecule has 3 rings (SSSR count). The molecule has 110 valence electrons. The van der Waals surface area contributed by atoms with E-state index in [1.165, 1.54) is 55.2 Å². The maximum atomic E-state index is 3.45. The van der Waals surface area contributed by atoms with Crippen molar-refractivity contribution in [3.63, 3.8) is 0 Å². The summed E-state index contributed by atoms with van der Waals surface area (Å²) in [5.74, 6) is 0.738. The third-order valence-corrected chi connectivity index (χ3v) is 4.48. The van der Waals surface area contributed by atoms with Crippen molar-refractivity contribution in [1.29, 1.82) is 0 Å². The van der Waals surface area contributed by atoms with Crippen molar-refractivity contribution in [2.45, 2.75) is 38.5 Å². The van der Waals surface area contributed by atoms with E-state index >= 15 is 0 Å². The molecule has 0 spiro atoms. The summed E-state index contributed by atoms with van der Waals surface area (Å²) < 4.78 is 0. The molecule has 0 amide bonds. The highest BCUT2D eigenvalue weighted by Gasteiger charge is 2.20. The maximum absolute atomic E-state index is 3.45. The van der Waals surface area contributed by atoms with Gasteiger partial charge in [-0.1, -0.05) is 19.4 Å². The number of piperidine rings is 1. The quantitative estimate of drug-likeness (QED) is 0.891. The van der Waals surface area contributed by atoms with Crippen molar-refractivity contribution in [3.8, 4) is 0 Å². The summed E-state index contributed by atoms with van der Waals surface area (Å²) in [7, 11) is 2.23. The summed E-state index contributed by atoms with van der Waals surface area (Å²) >= 11 is 0. The van der Waals surface area contributed by atoms with Gasteiger partial charge >= 0.3 is 0 Å². The van der Waals surface area contributed by atoms with Crippen molar-refractivity contribution >= 4 is 23.3 Å². The smallest absolute Gasteiger partial charge is 0.0457 e. The molecular formula is C17H25ClN2. The highest BCUT2D eigenvalue weighted by atomic mass is 35.5. The fraction of sp³-hybridized carbons (Fsp3) is 0.529. The summed E-state index contributed by atoms with van der Waals surface area (Å²) in [6, 6.07) is 6.92. The molecule has 1 aromatic carbocycles. The molecule has 2 heterocycles. The van der Waals surface area contributed by atoms with E-state index in [-0.39, 0.29) is 12.4 Å². The first-order valence-electron chi connectivity index (χ1n) is 7.56. The molecule has 0 saturated carbocycles. The van der Waals surface area contributed by atoms with E-state index < -0.39 is 0 Å². The highest BCUT2D eigenvalue weighted by molar-refractivity contribution is 5.85. The Balaban J connectivity index is 0.00000147. The van der Waals surface area contributed by atoms with Gasteiger partial charge < -0.3 is 9.88 Å². The predicted molar refractivity (Wildman–Crippen MR) is 89.0 cm³/mol. The average molecular weight is 293 g/mol. The summed E-state index contributed by atoms with van der Waals surface area (Å²) in [5.41, 5.74) is 4.32. The van der Waals surface area contributed by atoms with Gasteiger partial charge in [-0.3, -0.25) is 0 Å². The molecule has 0 atom stereocenters. The largest absolute Gasteiger partial charge is 0.361 e. The number of rotatable bonds is 3.